The van der Waals surface area contributed by atoms with Gasteiger partial charge in [-0.25, -0.2) is 4.98 Å². The molecular weight excluding hydrogens is 332 g/mol. The van der Waals surface area contributed by atoms with Crippen LogP contribution in [0.1, 0.15) is 5.69 Å². The average molecular weight is 346 g/mol. The highest BCUT2D eigenvalue weighted by Crippen LogP contribution is 2.26. The Morgan fingerprint density at radius 3 is 2.72 bits per heavy atom. The van der Waals surface area contributed by atoms with Crippen LogP contribution in [0.5, 0.6) is 5.75 Å². The first-order chi connectivity index (χ1) is 12.3. The molecular formula is C20H14N2O2S. The summed E-state index contributed by atoms with van der Waals surface area (Å²) in [6.07, 6.45) is 1.86. The van der Waals surface area contributed by atoms with E-state index < -0.39 is 0 Å². The van der Waals surface area contributed by atoms with E-state index in [4.69, 9.17) is 4.74 Å². The van der Waals surface area contributed by atoms with Crippen molar-refractivity contribution in [3.8, 4) is 16.5 Å². The van der Waals surface area contributed by atoms with E-state index in [1.807, 2.05) is 60.0 Å². The third-order valence-electron chi connectivity index (χ3n) is 3.73. The van der Waals surface area contributed by atoms with Crippen molar-refractivity contribution in [2.75, 3.05) is 0 Å². The number of aromatic nitrogens is 2. The van der Waals surface area contributed by atoms with Crippen LogP contribution in [0.2, 0.25) is 0 Å². The van der Waals surface area contributed by atoms with Crippen LogP contribution in [-0.4, -0.2) is 15.9 Å². The van der Waals surface area contributed by atoms with E-state index in [0.717, 1.165) is 21.5 Å². The zero-order valence-corrected chi connectivity index (χ0v) is 14.1. The third kappa shape index (κ3) is 3.41. The molecule has 4 rings (SSSR count). The minimum absolute atomic E-state index is 0.132. The van der Waals surface area contributed by atoms with Crippen molar-refractivity contribution in [3.05, 3.63) is 77.9 Å². The van der Waals surface area contributed by atoms with Crippen LogP contribution in [0.25, 0.3) is 21.5 Å². The fraction of sp³-hybridized carbons (Fsp3) is 0.0500. The number of hydrogen-bond acceptors (Lipinski definition) is 5. The highest BCUT2D eigenvalue weighted by molar-refractivity contribution is 7.13. The van der Waals surface area contributed by atoms with Crippen molar-refractivity contribution in [1.82, 2.24) is 9.97 Å². The summed E-state index contributed by atoms with van der Waals surface area (Å²) >= 11 is 1.47. The quantitative estimate of drug-likeness (QED) is 0.403. The number of fused-ring (bicyclic) bond motifs is 1. The van der Waals surface area contributed by atoms with Gasteiger partial charge in [-0.15, -0.1) is 11.3 Å². The number of hydrogen-bond donors (Lipinski definition) is 0. The van der Waals surface area contributed by atoms with E-state index in [0.29, 0.717) is 11.4 Å². The summed E-state index contributed by atoms with van der Waals surface area (Å²) in [5.74, 6) is 0.248. The van der Waals surface area contributed by atoms with Gasteiger partial charge in [-0.3, -0.25) is 9.78 Å². The van der Waals surface area contributed by atoms with E-state index in [-0.39, 0.29) is 12.4 Å². The average Bonchev–Trinajstić information content (AvgIpc) is 3.11. The molecule has 0 saturated carbocycles. The highest BCUT2D eigenvalue weighted by Gasteiger charge is 2.12. The molecule has 0 saturated heterocycles. The monoisotopic (exact) mass is 346 g/mol. The molecule has 2 aromatic heterocycles. The summed E-state index contributed by atoms with van der Waals surface area (Å²) in [6, 6.07) is 19.2. The van der Waals surface area contributed by atoms with Gasteiger partial charge in [-0.2, -0.15) is 0 Å². The zero-order valence-electron chi connectivity index (χ0n) is 13.3. The van der Waals surface area contributed by atoms with Crippen molar-refractivity contribution < 1.29 is 9.53 Å². The van der Waals surface area contributed by atoms with E-state index in [2.05, 4.69) is 9.97 Å². The molecule has 0 aliphatic rings. The van der Waals surface area contributed by atoms with Gasteiger partial charge in [-0.05, 0) is 23.6 Å². The van der Waals surface area contributed by atoms with Gasteiger partial charge in [-0.1, -0.05) is 42.5 Å². The molecule has 0 fully saturated rings. The van der Waals surface area contributed by atoms with Crippen LogP contribution in [0.15, 0.2) is 72.2 Å². The lowest BCUT2D eigenvalue weighted by atomic mass is 10.1. The molecule has 25 heavy (non-hydrogen) atoms. The van der Waals surface area contributed by atoms with Crippen LogP contribution in [-0.2, 0) is 11.2 Å². The lowest BCUT2D eigenvalue weighted by molar-refractivity contribution is -0.133. The number of carbonyl (C=O) groups is 1. The van der Waals surface area contributed by atoms with Crippen molar-refractivity contribution in [2.45, 2.75) is 6.42 Å². The number of nitrogens with zero attached hydrogens (tertiary/aromatic N) is 2. The number of esters is 1. The first-order valence-electron chi connectivity index (χ1n) is 7.84. The number of carbonyl (C=O) groups excluding carboxylic acids is 1. The Morgan fingerprint density at radius 2 is 1.84 bits per heavy atom. The number of rotatable bonds is 4. The largest absolute Gasteiger partial charge is 0.426 e. The first kappa shape index (κ1) is 15.5. The third-order valence-corrected chi connectivity index (χ3v) is 4.65. The van der Waals surface area contributed by atoms with E-state index in [9.17, 15) is 4.79 Å². The summed E-state index contributed by atoms with van der Waals surface area (Å²) in [6.45, 7) is 0. The Kier molecular flexibility index (Phi) is 4.23. The fourth-order valence-corrected chi connectivity index (χ4v) is 3.38. The minimum Gasteiger partial charge on any atom is -0.426 e. The second kappa shape index (κ2) is 6.83. The molecule has 0 bridgehead atoms. The Hall–Kier alpha value is -3.05. The molecule has 0 N–H and O–H groups in total. The summed E-state index contributed by atoms with van der Waals surface area (Å²) in [5, 5.41) is 4.63. The second-order valence-electron chi connectivity index (χ2n) is 5.49. The SMILES string of the molecule is O=C(Cc1csc(-c2ccccn2)n1)Oc1cccc2ccccc12. The second-order valence-corrected chi connectivity index (χ2v) is 6.35. The summed E-state index contributed by atoms with van der Waals surface area (Å²) in [5.41, 5.74) is 1.50. The zero-order chi connectivity index (χ0) is 17.1. The van der Waals surface area contributed by atoms with E-state index in [1.165, 1.54) is 11.3 Å². The van der Waals surface area contributed by atoms with Crippen molar-refractivity contribution in [2.24, 2.45) is 0 Å². The predicted octanol–water partition coefficient (Wildman–Crippen LogP) is 4.51. The van der Waals surface area contributed by atoms with Crippen LogP contribution < -0.4 is 4.74 Å². The molecule has 0 spiro atoms. The van der Waals surface area contributed by atoms with Gasteiger partial charge in [0, 0.05) is 17.0 Å². The molecule has 0 atom stereocenters. The lowest BCUT2D eigenvalue weighted by Crippen LogP contribution is -2.11. The minimum atomic E-state index is -0.325. The number of pyridine rings is 1. The topological polar surface area (TPSA) is 52.1 Å². The molecule has 2 aromatic carbocycles. The first-order valence-corrected chi connectivity index (χ1v) is 8.72. The summed E-state index contributed by atoms with van der Waals surface area (Å²) in [4.78, 5) is 21.1. The van der Waals surface area contributed by atoms with Gasteiger partial charge in [0.2, 0.25) is 0 Å². The Bertz CT molecular complexity index is 1020. The van der Waals surface area contributed by atoms with E-state index >= 15 is 0 Å². The molecule has 122 valence electrons. The normalized spacial score (nSPS) is 10.7. The molecule has 0 amide bonds. The van der Waals surface area contributed by atoms with Gasteiger partial charge in [0.1, 0.15) is 10.8 Å². The number of thiazole rings is 1. The van der Waals surface area contributed by atoms with Crippen molar-refractivity contribution in [1.29, 1.82) is 0 Å². The maximum Gasteiger partial charge on any atom is 0.317 e. The Morgan fingerprint density at radius 1 is 1.00 bits per heavy atom. The standard InChI is InChI=1S/C20H14N2O2S/c23-19(24-18-10-5-7-14-6-1-2-8-16(14)18)12-15-13-25-20(22-15)17-9-3-4-11-21-17/h1-11,13H,12H2. The molecule has 2 heterocycles. The summed E-state index contributed by atoms with van der Waals surface area (Å²) in [7, 11) is 0. The van der Waals surface area contributed by atoms with Crippen LogP contribution >= 0.6 is 11.3 Å². The van der Waals surface area contributed by atoms with Crippen molar-refractivity contribution >= 4 is 28.1 Å². The van der Waals surface area contributed by atoms with Crippen molar-refractivity contribution in [3.63, 3.8) is 0 Å². The molecule has 0 aliphatic carbocycles. The molecule has 0 unspecified atom stereocenters. The van der Waals surface area contributed by atoms with E-state index in [1.54, 1.807) is 12.3 Å². The molecule has 0 aliphatic heterocycles. The summed E-state index contributed by atoms with van der Waals surface area (Å²) < 4.78 is 5.56. The maximum absolute atomic E-state index is 12.3. The molecule has 4 nitrogen and oxygen atoms in total. The maximum atomic E-state index is 12.3. The highest BCUT2D eigenvalue weighted by atomic mass is 32.1. The molecule has 4 aromatic rings. The van der Waals surface area contributed by atoms with Gasteiger partial charge < -0.3 is 4.74 Å². The lowest BCUT2D eigenvalue weighted by Gasteiger charge is -2.06. The van der Waals surface area contributed by atoms with Gasteiger partial charge in [0.05, 0.1) is 17.8 Å². The Labute approximate surface area is 148 Å². The number of ether oxygens (including phenoxy) is 1. The number of benzene rings is 2. The van der Waals surface area contributed by atoms with Crippen LogP contribution in [0.4, 0.5) is 0 Å². The van der Waals surface area contributed by atoms with Gasteiger partial charge >= 0.3 is 5.97 Å². The van der Waals surface area contributed by atoms with Crippen LogP contribution in [0.3, 0.4) is 0 Å². The van der Waals surface area contributed by atoms with Gasteiger partial charge in [0.15, 0.2) is 0 Å². The van der Waals surface area contributed by atoms with Crippen LogP contribution in [0, 0.1) is 0 Å². The predicted molar refractivity (Wildman–Crippen MR) is 98.6 cm³/mol. The van der Waals surface area contributed by atoms with Gasteiger partial charge in [0.25, 0.3) is 0 Å². The Balaban J connectivity index is 1.50. The molecule has 5 heteroatoms. The smallest absolute Gasteiger partial charge is 0.317 e. The fourth-order valence-electron chi connectivity index (χ4n) is 2.59. The molecule has 0 radical (unpaired) electrons.